The molecule has 0 bridgehead atoms. The maximum Gasteiger partial charge on any atom is 0.255 e. The summed E-state index contributed by atoms with van der Waals surface area (Å²) in [6.07, 6.45) is 0. The number of rotatable bonds is 5. The smallest absolute Gasteiger partial charge is 0.255 e. The number of aromatic nitrogens is 2. The van der Waals surface area contributed by atoms with Crippen LogP contribution in [-0.2, 0) is 0 Å². The number of hydrogen-bond donors (Lipinski definition) is 1. The van der Waals surface area contributed by atoms with Crippen molar-refractivity contribution in [2.24, 2.45) is 0 Å². The quantitative estimate of drug-likeness (QED) is 0.379. The lowest BCUT2D eigenvalue weighted by Crippen LogP contribution is -2.44. The molecule has 2 heterocycles. The number of nitrogens with one attached hydrogen (secondary N) is 1. The zero-order chi connectivity index (χ0) is 25.2. The van der Waals surface area contributed by atoms with Crippen molar-refractivity contribution in [1.82, 2.24) is 15.1 Å². The van der Waals surface area contributed by atoms with Crippen LogP contribution in [0.15, 0.2) is 65.1 Å². The normalized spacial score (nSPS) is 14.2. The molecule has 1 aliphatic heterocycles. The molecule has 8 heteroatoms. The van der Waals surface area contributed by atoms with E-state index in [4.69, 9.17) is 16.0 Å². The number of aryl methyl sites for hydroxylation is 2. The molecule has 0 radical (unpaired) electrons. The summed E-state index contributed by atoms with van der Waals surface area (Å²) >= 11 is 6.47. The first-order valence-electron chi connectivity index (χ1n) is 11.9. The summed E-state index contributed by atoms with van der Waals surface area (Å²) in [7, 11) is 2.12. The monoisotopic (exact) mass is 501 g/mol. The fraction of sp³-hybridized carbons (Fsp3) is 0.250. The van der Waals surface area contributed by atoms with Crippen LogP contribution in [0.3, 0.4) is 0 Å². The van der Waals surface area contributed by atoms with E-state index in [1.54, 1.807) is 6.92 Å². The second-order valence-corrected chi connectivity index (χ2v) is 9.55. The average molecular weight is 502 g/mol. The number of benzene rings is 3. The third-order valence-electron chi connectivity index (χ3n) is 6.51. The molecule has 5 rings (SSSR count). The van der Waals surface area contributed by atoms with E-state index in [0.717, 1.165) is 59.8 Å². The molecular weight excluding hydrogens is 474 g/mol. The molecule has 1 N–H and O–H groups in total. The van der Waals surface area contributed by atoms with E-state index < -0.39 is 0 Å². The molecule has 184 valence electrons. The van der Waals surface area contributed by atoms with Crippen LogP contribution < -0.4 is 10.2 Å². The second kappa shape index (κ2) is 10.1. The molecule has 0 atom stereocenters. The Hall–Kier alpha value is -3.68. The van der Waals surface area contributed by atoms with Crippen molar-refractivity contribution in [2.45, 2.75) is 13.8 Å². The Bertz CT molecular complexity index is 1390. The first-order valence-corrected chi connectivity index (χ1v) is 12.3. The van der Waals surface area contributed by atoms with Crippen molar-refractivity contribution in [1.29, 1.82) is 0 Å². The summed E-state index contributed by atoms with van der Waals surface area (Å²) in [5, 5.41) is 11.7. The van der Waals surface area contributed by atoms with E-state index >= 15 is 0 Å². The molecule has 1 aromatic heterocycles. The van der Waals surface area contributed by atoms with Crippen molar-refractivity contribution in [3.05, 3.63) is 82.7 Å². The molecule has 0 unspecified atom stereocenters. The zero-order valence-corrected chi connectivity index (χ0v) is 21.3. The number of nitrogens with zero attached hydrogens (tertiary/aromatic N) is 4. The highest BCUT2D eigenvalue weighted by Crippen LogP contribution is 2.31. The summed E-state index contributed by atoms with van der Waals surface area (Å²) in [6, 6.07) is 19.3. The zero-order valence-electron chi connectivity index (χ0n) is 20.6. The molecular formula is C28H28ClN5O2. The van der Waals surface area contributed by atoms with Gasteiger partial charge in [-0.1, -0.05) is 29.8 Å². The molecule has 0 spiro atoms. The maximum atomic E-state index is 13.0. The van der Waals surface area contributed by atoms with Gasteiger partial charge >= 0.3 is 0 Å². The van der Waals surface area contributed by atoms with Crippen LogP contribution in [0.2, 0.25) is 5.02 Å². The SMILES string of the molecule is Cc1nnc(-c2ccc(-c3ccc(C(=O)Nc4ccc(Cl)c(N5CCN(C)CC5)c4)cc3)c(C)c2)o1. The fourth-order valence-electron chi connectivity index (χ4n) is 4.42. The van der Waals surface area contributed by atoms with Crippen LogP contribution in [-0.4, -0.2) is 54.2 Å². The lowest BCUT2D eigenvalue weighted by molar-refractivity contribution is 0.102. The number of halogens is 1. The van der Waals surface area contributed by atoms with Crippen molar-refractivity contribution in [3.8, 4) is 22.6 Å². The van der Waals surface area contributed by atoms with Gasteiger partial charge in [-0.2, -0.15) is 0 Å². The Balaban J connectivity index is 1.29. The van der Waals surface area contributed by atoms with Crippen LogP contribution >= 0.6 is 11.6 Å². The van der Waals surface area contributed by atoms with Gasteiger partial charge in [0.25, 0.3) is 5.91 Å². The third kappa shape index (κ3) is 5.12. The van der Waals surface area contributed by atoms with Gasteiger partial charge in [-0.25, -0.2) is 0 Å². The van der Waals surface area contributed by atoms with Crippen molar-refractivity contribution >= 4 is 28.9 Å². The number of carbonyl (C=O) groups excluding carboxylic acids is 1. The van der Waals surface area contributed by atoms with Crippen LogP contribution in [0.1, 0.15) is 21.8 Å². The molecule has 4 aromatic rings. The van der Waals surface area contributed by atoms with Gasteiger partial charge < -0.3 is 19.5 Å². The van der Waals surface area contributed by atoms with E-state index in [1.165, 1.54) is 0 Å². The Kier molecular flexibility index (Phi) is 6.76. The maximum absolute atomic E-state index is 13.0. The summed E-state index contributed by atoms with van der Waals surface area (Å²) in [5.74, 6) is 0.883. The third-order valence-corrected chi connectivity index (χ3v) is 6.83. The minimum atomic E-state index is -0.160. The predicted octanol–water partition coefficient (Wildman–Crippen LogP) is 5.68. The highest BCUT2D eigenvalue weighted by molar-refractivity contribution is 6.33. The number of likely N-dealkylation sites (N-methyl/N-ethyl adjacent to an activating group) is 1. The van der Waals surface area contributed by atoms with Gasteiger partial charge in [0.15, 0.2) is 0 Å². The molecule has 3 aromatic carbocycles. The van der Waals surface area contributed by atoms with E-state index in [9.17, 15) is 4.79 Å². The highest BCUT2D eigenvalue weighted by Gasteiger charge is 2.18. The summed E-state index contributed by atoms with van der Waals surface area (Å²) in [6.45, 7) is 7.60. The van der Waals surface area contributed by atoms with E-state index in [0.29, 0.717) is 22.4 Å². The van der Waals surface area contributed by atoms with Gasteiger partial charge in [-0.05, 0) is 73.1 Å². The molecule has 7 nitrogen and oxygen atoms in total. The Morgan fingerprint density at radius 1 is 0.917 bits per heavy atom. The standard InChI is InChI=1S/C28H28ClN5O2/c1-18-16-22(28-32-31-19(2)36-28)8-10-24(18)20-4-6-21(7-5-20)27(35)30-23-9-11-25(29)26(17-23)34-14-12-33(3)13-15-34/h4-11,16-17H,12-15H2,1-3H3,(H,30,35). The average Bonchev–Trinajstić information content (AvgIpc) is 3.32. The van der Waals surface area contributed by atoms with Crippen LogP contribution in [0, 0.1) is 13.8 Å². The van der Waals surface area contributed by atoms with Gasteiger partial charge in [-0.15, -0.1) is 10.2 Å². The fourth-order valence-corrected chi connectivity index (χ4v) is 4.66. The van der Waals surface area contributed by atoms with E-state index in [-0.39, 0.29) is 5.91 Å². The lowest BCUT2D eigenvalue weighted by atomic mass is 9.97. The summed E-state index contributed by atoms with van der Waals surface area (Å²) < 4.78 is 5.53. The minimum absolute atomic E-state index is 0.160. The Labute approximate surface area is 215 Å². The molecule has 1 aliphatic rings. The highest BCUT2D eigenvalue weighted by atomic mass is 35.5. The van der Waals surface area contributed by atoms with Gasteiger partial charge in [0.05, 0.1) is 10.7 Å². The minimum Gasteiger partial charge on any atom is -0.421 e. The molecule has 1 saturated heterocycles. The number of anilines is 2. The van der Waals surface area contributed by atoms with E-state index in [2.05, 4.69) is 32.4 Å². The Morgan fingerprint density at radius 3 is 2.31 bits per heavy atom. The van der Waals surface area contributed by atoms with Crippen LogP contribution in [0.5, 0.6) is 0 Å². The van der Waals surface area contributed by atoms with Crippen molar-refractivity contribution in [2.75, 3.05) is 43.4 Å². The molecule has 0 aliphatic carbocycles. The van der Waals surface area contributed by atoms with Crippen molar-refractivity contribution in [3.63, 3.8) is 0 Å². The molecule has 1 amide bonds. The lowest BCUT2D eigenvalue weighted by Gasteiger charge is -2.34. The van der Waals surface area contributed by atoms with Gasteiger partial charge in [0, 0.05) is 49.9 Å². The van der Waals surface area contributed by atoms with Crippen LogP contribution in [0.4, 0.5) is 11.4 Å². The predicted molar refractivity (Wildman–Crippen MR) is 144 cm³/mol. The first kappa shape index (κ1) is 24.0. The molecule has 1 fully saturated rings. The number of carbonyl (C=O) groups is 1. The van der Waals surface area contributed by atoms with Crippen molar-refractivity contribution < 1.29 is 9.21 Å². The number of hydrogen-bond acceptors (Lipinski definition) is 6. The largest absolute Gasteiger partial charge is 0.421 e. The second-order valence-electron chi connectivity index (χ2n) is 9.14. The number of piperazine rings is 1. The first-order chi connectivity index (χ1) is 17.4. The summed E-state index contributed by atoms with van der Waals surface area (Å²) in [4.78, 5) is 17.5. The Morgan fingerprint density at radius 2 is 1.64 bits per heavy atom. The van der Waals surface area contributed by atoms with Gasteiger partial charge in [0.2, 0.25) is 11.8 Å². The van der Waals surface area contributed by atoms with Gasteiger partial charge in [0.1, 0.15) is 0 Å². The van der Waals surface area contributed by atoms with E-state index in [1.807, 2.05) is 67.6 Å². The molecule has 36 heavy (non-hydrogen) atoms. The van der Waals surface area contributed by atoms with Gasteiger partial charge in [-0.3, -0.25) is 4.79 Å². The topological polar surface area (TPSA) is 74.5 Å². The molecule has 0 saturated carbocycles. The van der Waals surface area contributed by atoms with Crippen LogP contribution in [0.25, 0.3) is 22.6 Å². The number of amides is 1. The summed E-state index contributed by atoms with van der Waals surface area (Å²) in [5.41, 5.74) is 6.34.